The van der Waals surface area contributed by atoms with Gasteiger partial charge in [0.05, 0.1) is 17.9 Å². The highest BCUT2D eigenvalue weighted by Crippen LogP contribution is 2.34. The lowest BCUT2D eigenvalue weighted by Gasteiger charge is -2.35. The zero-order valence-electron chi connectivity index (χ0n) is 22.2. The Balaban J connectivity index is 1.48. The van der Waals surface area contributed by atoms with Crippen molar-refractivity contribution in [3.8, 4) is 28.1 Å². The fourth-order valence-corrected chi connectivity index (χ4v) is 4.50. The first-order chi connectivity index (χ1) is 17.7. The molecule has 0 spiro atoms. The van der Waals surface area contributed by atoms with Crippen molar-refractivity contribution in [2.24, 2.45) is 5.92 Å². The Bertz CT molecular complexity index is 1210. The topological polar surface area (TPSA) is 118 Å². The fraction of sp³-hybridized carbons (Fsp3) is 0.481. The summed E-state index contributed by atoms with van der Waals surface area (Å²) in [6, 6.07) is 9.66. The molecule has 10 heteroatoms. The van der Waals surface area contributed by atoms with E-state index < -0.39 is 5.60 Å². The first kappa shape index (κ1) is 26.4. The largest absolute Gasteiger partial charge is 0.467 e. The number of hydrogen-bond donors (Lipinski definition) is 1. The minimum atomic E-state index is -0.491. The van der Waals surface area contributed by atoms with Gasteiger partial charge in [0.2, 0.25) is 0 Å². The van der Waals surface area contributed by atoms with Crippen LogP contribution in [0.25, 0.3) is 22.4 Å². The number of nitrogen functional groups attached to an aromatic ring is 1. The third-order valence-electron chi connectivity index (χ3n) is 6.52. The van der Waals surface area contributed by atoms with Crippen LogP contribution in [-0.2, 0) is 9.47 Å². The van der Waals surface area contributed by atoms with Gasteiger partial charge in [0, 0.05) is 43.1 Å². The summed E-state index contributed by atoms with van der Waals surface area (Å²) in [7, 11) is 1.58. The predicted octanol–water partition coefficient (Wildman–Crippen LogP) is 4.78. The molecule has 0 aliphatic carbocycles. The summed E-state index contributed by atoms with van der Waals surface area (Å²) < 4.78 is 18.2. The summed E-state index contributed by atoms with van der Waals surface area (Å²) >= 11 is 0. The molecular weight excluding hydrogens is 472 g/mol. The van der Waals surface area contributed by atoms with Crippen LogP contribution in [0.5, 0.6) is 5.75 Å². The third-order valence-corrected chi connectivity index (χ3v) is 6.52. The van der Waals surface area contributed by atoms with Crippen molar-refractivity contribution in [3.63, 3.8) is 0 Å². The Morgan fingerprint density at radius 2 is 1.89 bits per heavy atom. The summed E-state index contributed by atoms with van der Waals surface area (Å²) in [6.07, 6.45) is 5.32. The number of methoxy groups -OCH3 is 1. The Morgan fingerprint density at radius 3 is 2.59 bits per heavy atom. The summed E-state index contributed by atoms with van der Waals surface area (Å²) in [5.41, 5.74) is 8.79. The molecule has 0 saturated carbocycles. The molecule has 3 aromatic rings. The highest BCUT2D eigenvalue weighted by Gasteiger charge is 2.30. The second-order valence-corrected chi connectivity index (χ2v) is 10.3. The minimum Gasteiger partial charge on any atom is -0.467 e. The molecule has 37 heavy (non-hydrogen) atoms. The lowest BCUT2D eigenvalue weighted by molar-refractivity contribution is 0.0163. The van der Waals surface area contributed by atoms with Gasteiger partial charge < -0.3 is 24.8 Å². The van der Waals surface area contributed by atoms with Gasteiger partial charge in [0.25, 0.3) is 0 Å². The van der Waals surface area contributed by atoms with Gasteiger partial charge in [-0.2, -0.15) is 5.10 Å². The first-order valence-electron chi connectivity index (χ1n) is 12.5. The van der Waals surface area contributed by atoms with Crippen LogP contribution in [0.2, 0.25) is 0 Å². The number of benzene rings is 1. The number of carbonyl (C=O) groups excluding carboxylic acids is 1. The number of amides is 1. The van der Waals surface area contributed by atoms with E-state index in [9.17, 15) is 4.79 Å². The van der Waals surface area contributed by atoms with Crippen molar-refractivity contribution in [2.45, 2.75) is 52.2 Å². The van der Waals surface area contributed by atoms with Gasteiger partial charge in [-0.25, -0.2) is 4.79 Å². The van der Waals surface area contributed by atoms with Crippen molar-refractivity contribution in [1.29, 1.82) is 0 Å². The SMILES string of the molecule is COCOc1ccccc1-c1cc(-c2cnn(C(C)C3CCN(C(=O)OC(C)(C)C)CC3)c2)c(N)nn1. The van der Waals surface area contributed by atoms with Crippen LogP contribution in [0.4, 0.5) is 10.6 Å². The summed E-state index contributed by atoms with van der Waals surface area (Å²) in [5, 5.41) is 13.1. The fourth-order valence-electron chi connectivity index (χ4n) is 4.50. The molecule has 1 aliphatic rings. The average Bonchev–Trinajstić information content (AvgIpc) is 3.37. The highest BCUT2D eigenvalue weighted by molar-refractivity contribution is 5.78. The molecule has 1 amide bonds. The summed E-state index contributed by atoms with van der Waals surface area (Å²) in [4.78, 5) is 14.2. The summed E-state index contributed by atoms with van der Waals surface area (Å²) in [6.45, 7) is 9.30. The molecule has 1 fully saturated rings. The molecule has 198 valence electrons. The number of nitrogens with zero attached hydrogens (tertiary/aromatic N) is 5. The number of hydrogen-bond acceptors (Lipinski definition) is 8. The number of aromatic nitrogens is 4. The van der Waals surface area contributed by atoms with E-state index >= 15 is 0 Å². The Hall–Kier alpha value is -3.66. The van der Waals surface area contributed by atoms with Crippen LogP contribution < -0.4 is 10.5 Å². The van der Waals surface area contributed by atoms with Crippen molar-refractivity contribution in [2.75, 3.05) is 32.7 Å². The first-order valence-corrected chi connectivity index (χ1v) is 12.5. The number of para-hydroxylation sites is 1. The second-order valence-electron chi connectivity index (χ2n) is 10.3. The van der Waals surface area contributed by atoms with Gasteiger partial charge in [-0.3, -0.25) is 4.68 Å². The number of nitrogens with two attached hydrogens (primary N) is 1. The van der Waals surface area contributed by atoms with Crippen molar-refractivity contribution in [3.05, 3.63) is 42.7 Å². The van der Waals surface area contributed by atoms with Crippen molar-refractivity contribution in [1.82, 2.24) is 24.9 Å². The highest BCUT2D eigenvalue weighted by atomic mass is 16.7. The quantitative estimate of drug-likeness (QED) is 0.453. The number of carbonyl (C=O) groups is 1. The van der Waals surface area contributed by atoms with E-state index in [0.29, 0.717) is 36.3 Å². The Morgan fingerprint density at radius 1 is 1.16 bits per heavy atom. The lowest BCUT2D eigenvalue weighted by atomic mass is 9.90. The second kappa shape index (κ2) is 11.2. The minimum absolute atomic E-state index is 0.133. The Kier molecular flexibility index (Phi) is 7.97. The number of ether oxygens (including phenoxy) is 3. The number of anilines is 1. The van der Waals surface area contributed by atoms with E-state index in [1.54, 1.807) is 18.2 Å². The van der Waals surface area contributed by atoms with Crippen molar-refractivity contribution >= 4 is 11.9 Å². The van der Waals surface area contributed by atoms with E-state index in [2.05, 4.69) is 22.2 Å². The molecule has 1 unspecified atom stereocenters. The average molecular weight is 509 g/mol. The Labute approximate surface area is 217 Å². The van der Waals surface area contributed by atoms with Crippen molar-refractivity contribution < 1.29 is 19.0 Å². The molecule has 4 rings (SSSR count). The van der Waals surface area contributed by atoms with Crippen LogP contribution >= 0.6 is 0 Å². The predicted molar refractivity (Wildman–Crippen MR) is 141 cm³/mol. The van der Waals surface area contributed by atoms with Gasteiger partial charge in [-0.05, 0) is 64.7 Å². The van der Waals surface area contributed by atoms with E-state index in [4.69, 9.17) is 19.9 Å². The monoisotopic (exact) mass is 508 g/mol. The maximum absolute atomic E-state index is 12.4. The normalized spacial score (nSPS) is 15.4. The molecule has 1 aliphatic heterocycles. The van der Waals surface area contributed by atoms with Gasteiger partial charge in [0.15, 0.2) is 12.6 Å². The molecule has 2 aromatic heterocycles. The molecule has 3 heterocycles. The van der Waals surface area contributed by atoms with E-state index in [1.165, 1.54) is 0 Å². The number of likely N-dealkylation sites (tertiary alicyclic amines) is 1. The van der Waals surface area contributed by atoms with Gasteiger partial charge in [0.1, 0.15) is 11.4 Å². The standard InChI is InChI=1S/C27H36N6O4/c1-18(19-10-12-32(13-11-19)26(34)37-27(2,3)4)33-16-20(15-29-33)22-14-23(30-31-25(22)28)21-8-6-7-9-24(21)36-17-35-5/h6-9,14-16,18-19H,10-13,17H2,1-5H3,(H2,28,31). The summed E-state index contributed by atoms with van der Waals surface area (Å²) in [5.74, 6) is 1.37. The van der Waals surface area contributed by atoms with Gasteiger partial charge >= 0.3 is 6.09 Å². The van der Waals surface area contributed by atoms with Crippen LogP contribution in [0.15, 0.2) is 42.7 Å². The van der Waals surface area contributed by atoms with Gasteiger partial charge in [-0.1, -0.05) is 12.1 Å². The van der Waals surface area contributed by atoms with Crippen LogP contribution in [-0.4, -0.2) is 63.6 Å². The van der Waals surface area contributed by atoms with Crippen LogP contribution in [0.3, 0.4) is 0 Å². The van der Waals surface area contributed by atoms with Gasteiger partial charge in [-0.15, -0.1) is 10.2 Å². The van der Waals surface area contributed by atoms with Crippen LogP contribution in [0, 0.1) is 5.92 Å². The van der Waals surface area contributed by atoms with E-state index in [0.717, 1.165) is 29.5 Å². The lowest BCUT2D eigenvalue weighted by Crippen LogP contribution is -2.42. The molecule has 1 aromatic carbocycles. The molecular formula is C27H36N6O4. The number of rotatable bonds is 7. The van der Waals surface area contributed by atoms with E-state index in [1.807, 2.05) is 62.0 Å². The zero-order chi connectivity index (χ0) is 26.6. The molecule has 0 bridgehead atoms. The molecule has 0 radical (unpaired) electrons. The zero-order valence-corrected chi connectivity index (χ0v) is 22.2. The maximum atomic E-state index is 12.4. The maximum Gasteiger partial charge on any atom is 0.410 e. The number of piperidine rings is 1. The smallest absolute Gasteiger partial charge is 0.410 e. The van der Waals surface area contributed by atoms with E-state index in [-0.39, 0.29) is 18.9 Å². The molecule has 10 nitrogen and oxygen atoms in total. The molecule has 1 saturated heterocycles. The van der Waals surface area contributed by atoms with Crippen LogP contribution in [0.1, 0.15) is 46.6 Å². The molecule has 2 N–H and O–H groups in total. The molecule has 1 atom stereocenters. The third kappa shape index (κ3) is 6.37.